The Kier molecular flexibility index (Phi) is 6.05. The number of carbonyl (C=O) groups excluding carboxylic acids is 1. The van der Waals surface area contributed by atoms with Crippen molar-refractivity contribution in [3.8, 4) is 0 Å². The van der Waals surface area contributed by atoms with E-state index in [-0.39, 0.29) is 17.4 Å². The summed E-state index contributed by atoms with van der Waals surface area (Å²) in [5, 5.41) is 12.3. The third kappa shape index (κ3) is 6.33. The van der Waals surface area contributed by atoms with Gasteiger partial charge in [0.25, 0.3) is 0 Å². The third-order valence-electron chi connectivity index (χ3n) is 3.08. The Morgan fingerprint density at radius 1 is 1.44 bits per heavy atom. The second-order valence-electron chi connectivity index (χ2n) is 5.88. The van der Waals surface area contributed by atoms with Crippen molar-refractivity contribution >= 4 is 5.91 Å². The average Bonchev–Trinajstić information content (AvgIpc) is 2.26. The highest BCUT2D eigenvalue weighted by molar-refractivity contribution is 5.78. The second-order valence-corrected chi connectivity index (χ2v) is 5.88. The standard InChI is InChI=1S/C13H26N2O3/c1-11(16)8-13(2,3)10-14-12(17)9-15-4-6-18-7-5-15/h11,16H,4-10H2,1-3H3,(H,14,17). The Morgan fingerprint density at radius 3 is 2.61 bits per heavy atom. The van der Waals surface area contributed by atoms with Crippen molar-refractivity contribution in [3.05, 3.63) is 0 Å². The lowest BCUT2D eigenvalue weighted by atomic mass is 9.87. The van der Waals surface area contributed by atoms with E-state index < -0.39 is 0 Å². The first-order valence-corrected chi connectivity index (χ1v) is 6.64. The molecule has 1 amide bonds. The van der Waals surface area contributed by atoms with Crippen molar-refractivity contribution in [3.63, 3.8) is 0 Å². The van der Waals surface area contributed by atoms with E-state index in [0.29, 0.717) is 32.7 Å². The van der Waals surface area contributed by atoms with E-state index in [1.165, 1.54) is 0 Å². The van der Waals surface area contributed by atoms with Crippen LogP contribution in [-0.4, -0.2) is 61.4 Å². The van der Waals surface area contributed by atoms with Crippen LogP contribution in [0.4, 0.5) is 0 Å². The molecule has 1 heterocycles. The zero-order valence-corrected chi connectivity index (χ0v) is 11.7. The molecule has 0 aromatic rings. The quantitative estimate of drug-likeness (QED) is 0.716. The molecule has 2 N–H and O–H groups in total. The smallest absolute Gasteiger partial charge is 0.234 e. The van der Waals surface area contributed by atoms with Crippen LogP contribution in [0.5, 0.6) is 0 Å². The molecule has 1 unspecified atom stereocenters. The fourth-order valence-corrected chi connectivity index (χ4v) is 2.23. The Morgan fingerprint density at radius 2 is 2.06 bits per heavy atom. The van der Waals surface area contributed by atoms with Gasteiger partial charge in [0.05, 0.1) is 25.9 Å². The molecule has 5 heteroatoms. The molecule has 0 bridgehead atoms. The highest BCUT2D eigenvalue weighted by Gasteiger charge is 2.22. The molecule has 1 aliphatic rings. The van der Waals surface area contributed by atoms with Gasteiger partial charge in [-0.05, 0) is 18.8 Å². The number of hydrogen-bond acceptors (Lipinski definition) is 4. The van der Waals surface area contributed by atoms with Gasteiger partial charge in [0, 0.05) is 19.6 Å². The summed E-state index contributed by atoms with van der Waals surface area (Å²) in [5.41, 5.74) is -0.0746. The average molecular weight is 258 g/mol. The molecule has 0 aliphatic carbocycles. The normalized spacial score (nSPS) is 19.6. The van der Waals surface area contributed by atoms with Crippen LogP contribution < -0.4 is 5.32 Å². The molecule has 5 nitrogen and oxygen atoms in total. The number of hydrogen-bond donors (Lipinski definition) is 2. The number of amides is 1. The Labute approximate surface area is 109 Å². The first-order chi connectivity index (χ1) is 8.39. The van der Waals surface area contributed by atoms with E-state index >= 15 is 0 Å². The summed E-state index contributed by atoms with van der Waals surface area (Å²) in [6.45, 7) is 9.98. The van der Waals surface area contributed by atoms with Crippen LogP contribution in [0, 0.1) is 5.41 Å². The van der Waals surface area contributed by atoms with Gasteiger partial charge in [0.1, 0.15) is 0 Å². The van der Waals surface area contributed by atoms with E-state index in [0.717, 1.165) is 13.1 Å². The summed E-state index contributed by atoms with van der Waals surface area (Å²) in [4.78, 5) is 13.9. The third-order valence-corrected chi connectivity index (χ3v) is 3.08. The molecule has 0 spiro atoms. The van der Waals surface area contributed by atoms with Crippen LogP contribution >= 0.6 is 0 Å². The van der Waals surface area contributed by atoms with E-state index in [2.05, 4.69) is 24.1 Å². The topological polar surface area (TPSA) is 61.8 Å². The molecule has 1 saturated heterocycles. The fourth-order valence-electron chi connectivity index (χ4n) is 2.23. The van der Waals surface area contributed by atoms with Crippen LogP contribution in [0.15, 0.2) is 0 Å². The molecule has 1 fully saturated rings. The molecule has 1 atom stereocenters. The Bertz CT molecular complexity index is 261. The summed E-state index contributed by atoms with van der Waals surface area (Å²) in [5.74, 6) is 0.0515. The van der Waals surface area contributed by atoms with Gasteiger partial charge in [-0.25, -0.2) is 0 Å². The van der Waals surface area contributed by atoms with Crippen LogP contribution in [0.25, 0.3) is 0 Å². The van der Waals surface area contributed by atoms with Gasteiger partial charge in [0.2, 0.25) is 5.91 Å². The zero-order valence-electron chi connectivity index (χ0n) is 11.7. The summed E-state index contributed by atoms with van der Waals surface area (Å²) in [6.07, 6.45) is 0.348. The molecule has 0 radical (unpaired) electrons. The first-order valence-electron chi connectivity index (χ1n) is 6.64. The predicted molar refractivity (Wildman–Crippen MR) is 70.3 cm³/mol. The van der Waals surface area contributed by atoms with Gasteiger partial charge >= 0.3 is 0 Å². The maximum atomic E-state index is 11.8. The summed E-state index contributed by atoms with van der Waals surface area (Å²) < 4.78 is 5.24. The molecule has 18 heavy (non-hydrogen) atoms. The van der Waals surface area contributed by atoms with Crippen molar-refractivity contribution in [1.29, 1.82) is 0 Å². The van der Waals surface area contributed by atoms with E-state index in [1.807, 2.05) is 0 Å². The summed E-state index contributed by atoms with van der Waals surface area (Å²) in [7, 11) is 0. The maximum Gasteiger partial charge on any atom is 0.234 e. The van der Waals surface area contributed by atoms with Crippen molar-refractivity contribution in [2.45, 2.75) is 33.3 Å². The van der Waals surface area contributed by atoms with Gasteiger partial charge in [-0.15, -0.1) is 0 Å². The molecule has 0 aromatic heterocycles. The number of carbonyl (C=O) groups is 1. The van der Waals surface area contributed by atoms with Gasteiger partial charge in [-0.3, -0.25) is 9.69 Å². The Balaban J connectivity index is 2.23. The highest BCUT2D eigenvalue weighted by Crippen LogP contribution is 2.20. The van der Waals surface area contributed by atoms with Crippen molar-refractivity contribution < 1.29 is 14.6 Å². The molecule has 0 aromatic carbocycles. The molecule has 1 aliphatic heterocycles. The molecule has 106 valence electrons. The van der Waals surface area contributed by atoms with Crippen molar-refractivity contribution in [2.24, 2.45) is 5.41 Å². The number of aliphatic hydroxyl groups excluding tert-OH is 1. The number of nitrogens with zero attached hydrogens (tertiary/aromatic N) is 1. The van der Waals surface area contributed by atoms with Gasteiger partial charge in [-0.1, -0.05) is 13.8 Å². The summed E-state index contributed by atoms with van der Waals surface area (Å²) >= 11 is 0. The summed E-state index contributed by atoms with van der Waals surface area (Å²) in [6, 6.07) is 0. The fraction of sp³-hybridized carbons (Fsp3) is 0.923. The van der Waals surface area contributed by atoms with Crippen LogP contribution in [0.2, 0.25) is 0 Å². The molecular weight excluding hydrogens is 232 g/mol. The van der Waals surface area contributed by atoms with Gasteiger partial charge < -0.3 is 15.2 Å². The lowest BCUT2D eigenvalue weighted by Gasteiger charge is -2.28. The number of aliphatic hydroxyl groups is 1. The SMILES string of the molecule is CC(O)CC(C)(C)CNC(=O)CN1CCOCC1. The van der Waals surface area contributed by atoms with Crippen molar-refractivity contribution in [1.82, 2.24) is 10.2 Å². The largest absolute Gasteiger partial charge is 0.393 e. The highest BCUT2D eigenvalue weighted by atomic mass is 16.5. The number of rotatable bonds is 6. The Hall–Kier alpha value is -0.650. The minimum Gasteiger partial charge on any atom is -0.393 e. The van der Waals surface area contributed by atoms with Gasteiger partial charge in [-0.2, -0.15) is 0 Å². The zero-order chi connectivity index (χ0) is 13.6. The van der Waals surface area contributed by atoms with Crippen LogP contribution in [-0.2, 0) is 9.53 Å². The minimum absolute atomic E-state index is 0.0515. The number of morpholine rings is 1. The van der Waals surface area contributed by atoms with Crippen LogP contribution in [0.3, 0.4) is 0 Å². The number of ether oxygens (including phenoxy) is 1. The molecule has 1 rings (SSSR count). The number of nitrogens with one attached hydrogen (secondary N) is 1. The van der Waals surface area contributed by atoms with Gasteiger partial charge in [0.15, 0.2) is 0 Å². The van der Waals surface area contributed by atoms with E-state index in [9.17, 15) is 9.90 Å². The van der Waals surface area contributed by atoms with E-state index in [4.69, 9.17) is 4.74 Å². The maximum absolute atomic E-state index is 11.8. The first kappa shape index (κ1) is 15.4. The van der Waals surface area contributed by atoms with Crippen LogP contribution in [0.1, 0.15) is 27.2 Å². The molecular formula is C13H26N2O3. The monoisotopic (exact) mass is 258 g/mol. The lowest BCUT2D eigenvalue weighted by Crippen LogP contribution is -2.45. The van der Waals surface area contributed by atoms with E-state index in [1.54, 1.807) is 6.92 Å². The second kappa shape index (κ2) is 7.07. The molecule has 0 saturated carbocycles. The van der Waals surface area contributed by atoms with Crippen molar-refractivity contribution in [2.75, 3.05) is 39.4 Å². The minimum atomic E-state index is -0.337. The lowest BCUT2D eigenvalue weighted by molar-refractivity contribution is -0.123. The predicted octanol–water partition coefficient (Wildman–Crippen LogP) is 0.232.